The average molecular weight is 567 g/mol. The summed E-state index contributed by atoms with van der Waals surface area (Å²) in [5.74, 6) is 1.64. The largest absolute Gasteiger partial charge is 0.497 e. The van der Waals surface area contributed by atoms with E-state index in [0.29, 0.717) is 42.5 Å². The minimum atomic E-state index is -4.34. The van der Waals surface area contributed by atoms with Crippen molar-refractivity contribution < 1.29 is 27.8 Å². The fourth-order valence-electron chi connectivity index (χ4n) is 2.83. The molecule has 32 heavy (non-hydrogen) atoms. The zero-order valence-electron chi connectivity index (χ0n) is 18.2. The van der Waals surface area contributed by atoms with Crippen molar-refractivity contribution in [3.8, 4) is 11.5 Å². The van der Waals surface area contributed by atoms with E-state index in [2.05, 4.69) is 15.6 Å². The van der Waals surface area contributed by atoms with Crippen molar-refractivity contribution in [1.82, 2.24) is 10.6 Å². The quantitative estimate of drug-likeness (QED) is 0.241. The van der Waals surface area contributed by atoms with Crippen LogP contribution in [0.2, 0.25) is 0 Å². The standard InChI is InChI=1S/C22H28F3N3O3.HI/c1-4-26-21(27-10-9-15-5-7-17(8-6-15)22(23,24)25)28-14-20(29)16-11-18(30-2)13-19(12-16)31-3;/h5-8,11-13,20,29H,4,9-10,14H2,1-3H3,(H2,26,27,28);1H. The number of hydrogen-bond donors (Lipinski definition) is 3. The van der Waals surface area contributed by atoms with Gasteiger partial charge in [0.1, 0.15) is 11.5 Å². The van der Waals surface area contributed by atoms with Crippen molar-refractivity contribution >= 4 is 29.9 Å². The summed E-state index contributed by atoms with van der Waals surface area (Å²) < 4.78 is 48.4. The number of rotatable bonds is 9. The van der Waals surface area contributed by atoms with Crippen LogP contribution in [-0.4, -0.2) is 44.9 Å². The van der Waals surface area contributed by atoms with Gasteiger partial charge in [-0.2, -0.15) is 13.2 Å². The first kappa shape index (κ1) is 27.8. The third kappa shape index (κ3) is 8.73. The monoisotopic (exact) mass is 567 g/mol. The summed E-state index contributed by atoms with van der Waals surface area (Å²) in [6, 6.07) is 10.2. The Morgan fingerprint density at radius 3 is 2.12 bits per heavy atom. The van der Waals surface area contributed by atoms with E-state index in [0.717, 1.165) is 17.7 Å². The molecule has 178 valence electrons. The number of guanidine groups is 1. The van der Waals surface area contributed by atoms with E-state index in [4.69, 9.17) is 9.47 Å². The first-order valence-corrected chi connectivity index (χ1v) is 9.86. The Hall–Kier alpha value is -2.21. The lowest BCUT2D eigenvalue weighted by Gasteiger charge is -2.15. The van der Waals surface area contributed by atoms with Crippen LogP contribution in [0.15, 0.2) is 47.5 Å². The molecule has 0 radical (unpaired) electrons. The van der Waals surface area contributed by atoms with Gasteiger partial charge in [-0.25, -0.2) is 0 Å². The number of alkyl halides is 3. The van der Waals surface area contributed by atoms with Crippen LogP contribution in [0.5, 0.6) is 11.5 Å². The van der Waals surface area contributed by atoms with Crippen LogP contribution in [-0.2, 0) is 12.6 Å². The minimum absolute atomic E-state index is 0. The summed E-state index contributed by atoms with van der Waals surface area (Å²) in [5.41, 5.74) is 0.725. The van der Waals surface area contributed by atoms with Crippen molar-refractivity contribution in [2.24, 2.45) is 4.99 Å². The molecule has 0 aliphatic carbocycles. The number of aliphatic imine (C=N–C) groups is 1. The highest BCUT2D eigenvalue weighted by atomic mass is 127. The molecule has 0 aliphatic rings. The molecule has 3 N–H and O–H groups in total. The second-order valence-corrected chi connectivity index (χ2v) is 6.75. The van der Waals surface area contributed by atoms with Gasteiger partial charge in [0, 0.05) is 19.2 Å². The highest BCUT2D eigenvalue weighted by Crippen LogP contribution is 2.29. The highest BCUT2D eigenvalue weighted by molar-refractivity contribution is 14.0. The number of benzene rings is 2. The van der Waals surface area contributed by atoms with Crippen molar-refractivity contribution in [3.63, 3.8) is 0 Å². The van der Waals surface area contributed by atoms with E-state index in [-0.39, 0.29) is 30.5 Å². The SMILES string of the molecule is CCNC(=NCC(O)c1cc(OC)cc(OC)c1)NCCc1ccc(C(F)(F)F)cc1.I. The Labute approximate surface area is 203 Å². The second kappa shape index (κ2) is 13.4. The minimum Gasteiger partial charge on any atom is -0.497 e. The molecule has 0 amide bonds. The third-order valence-electron chi connectivity index (χ3n) is 4.51. The second-order valence-electron chi connectivity index (χ2n) is 6.75. The topological polar surface area (TPSA) is 75.1 Å². The first-order valence-electron chi connectivity index (χ1n) is 9.86. The Balaban J connectivity index is 0.00000512. The molecule has 0 aromatic heterocycles. The van der Waals surface area contributed by atoms with E-state index >= 15 is 0 Å². The lowest BCUT2D eigenvalue weighted by Crippen LogP contribution is -2.38. The Morgan fingerprint density at radius 1 is 1.03 bits per heavy atom. The van der Waals surface area contributed by atoms with Gasteiger partial charge in [0.25, 0.3) is 0 Å². The first-order chi connectivity index (χ1) is 14.8. The molecule has 0 spiro atoms. The molecule has 1 unspecified atom stereocenters. The predicted octanol–water partition coefficient (Wildman–Crippen LogP) is 4.17. The van der Waals surface area contributed by atoms with E-state index in [1.54, 1.807) is 18.2 Å². The normalized spacial score (nSPS) is 12.5. The molecule has 2 rings (SSSR count). The molecule has 0 bridgehead atoms. The van der Waals surface area contributed by atoms with Crippen LogP contribution >= 0.6 is 24.0 Å². The van der Waals surface area contributed by atoms with Crippen molar-refractivity contribution in [3.05, 3.63) is 59.2 Å². The number of aliphatic hydroxyl groups excluding tert-OH is 1. The Morgan fingerprint density at radius 2 is 1.62 bits per heavy atom. The van der Waals surface area contributed by atoms with Crippen LogP contribution in [0.4, 0.5) is 13.2 Å². The van der Waals surface area contributed by atoms with Crippen molar-refractivity contribution in [2.75, 3.05) is 33.9 Å². The maximum Gasteiger partial charge on any atom is 0.416 e. The summed E-state index contributed by atoms with van der Waals surface area (Å²) in [5, 5.41) is 16.7. The van der Waals surface area contributed by atoms with Gasteiger partial charge in [0.05, 0.1) is 32.4 Å². The van der Waals surface area contributed by atoms with E-state index in [1.807, 2.05) is 6.92 Å². The lowest BCUT2D eigenvalue weighted by atomic mass is 10.1. The van der Waals surface area contributed by atoms with Crippen LogP contribution in [0.1, 0.15) is 29.7 Å². The van der Waals surface area contributed by atoms with Crippen LogP contribution in [0.3, 0.4) is 0 Å². The molecule has 10 heteroatoms. The van der Waals surface area contributed by atoms with Crippen LogP contribution in [0, 0.1) is 0 Å². The number of methoxy groups -OCH3 is 2. The average Bonchev–Trinajstić information content (AvgIpc) is 2.76. The van der Waals surface area contributed by atoms with E-state index < -0.39 is 17.8 Å². The van der Waals surface area contributed by atoms with Gasteiger partial charge >= 0.3 is 6.18 Å². The zero-order chi connectivity index (χ0) is 22.9. The Kier molecular flexibility index (Phi) is 11.6. The number of aliphatic hydroxyl groups is 1. The summed E-state index contributed by atoms with van der Waals surface area (Å²) in [4.78, 5) is 4.39. The van der Waals surface area contributed by atoms with Crippen LogP contribution < -0.4 is 20.1 Å². The summed E-state index contributed by atoms with van der Waals surface area (Å²) in [6.45, 7) is 3.11. The Bertz CT molecular complexity index is 839. The van der Waals surface area contributed by atoms with Gasteiger partial charge in [-0.05, 0) is 48.7 Å². The fraction of sp³-hybridized carbons (Fsp3) is 0.409. The maximum absolute atomic E-state index is 12.6. The van der Waals surface area contributed by atoms with E-state index in [1.165, 1.54) is 26.4 Å². The predicted molar refractivity (Wildman–Crippen MR) is 129 cm³/mol. The number of nitrogens with one attached hydrogen (secondary N) is 2. The van der Waals surface area contributed by atoms with Gasteiger partial charge in [0.2, 0.25) is 0 Å². The van der Waals surface area contributed by atoms with Gasteiger partial charge in [0.15, 0.2) is 5.96 Å². The molecule has 1 atom stereocenters. The zero-order valence-corrected chi connectivity index (χ0v) is 20.5. The molecule has 0 heterocycles. The smallest absolute Gasteiger partial charge is 0.416 e. The van der Waals surface area contributed by atoms with Crippen LogP contribution in [0.25, 0.3) is 0 Å². The number of nitrogens with zero attached hydrogens (tertiary/aromatic N) is 1. The molecular weight excluding hydrogens is 538 g/mol. The van der Waals surface area contributed by atoms with Gasteiger partial charge < -0.3 is 25.2 Å². The third-order valence-corrected chi connectivity index (χ3v) is 4.51. The van der Waals surface area contributed by atoms with Gasteiger partial charge in [-0.1, -0.05) is 12.1 Å². The maximum atomic E-state index is 12.6. The molecule has 2 aromatic carbocycles. The highest BCUT2D eigenvalue weighted by Gasteiger charge is 2.29. The van der Waals surface area contributed by atoms with E-state index in [9.17, 15) is 18.3 Å². The van der Waals surface area contributed by atoms with Crippen molar-refractivity contribution in [2.45, 2.75) is 25.6 Å². The summed E-state index contributed by atoms with van der Waals surface area (Å²) in [6.07, 6.45) is -4.68. The summed E-state index contributed by atoms with van der Waals surface area (Å²) in [7, 11) is 3.07. The molecule has 2 aromatic rings. The summed E-state index contributed by atoms with van der Waals surface area (Å²) >= 11 is 0. The number of hydrogen-bond acceptors (Lipinski definition) is 4. The molecule has 0 saturated carbocycles. The lowest BCUT2D eigenvalue weighted by molar-refractivity contribution is -0.137. The molecule has 0 saturated heterocycles. The molecular formula is C22H29F3IN3O3. The molecule has 0 aliphatic heterocycles. The van der Waals surface area contributed by atoms with Gasteiger partial charge in [-0.3, -0.25) is 4.99 Å². The van der Waals surface area contributed by atoms with Crippen molar-refractivity contribution in [1.29, 1.82) is 0 Å². The van der Waals surface area contributed by atoms with Gasteiger partial charge in [-0.15, -0.1) is 24.0 Å². The molecule has 6 nitrogen and oxygen atoms in total. The number of halogens is 4. The number of ether oxygens (including phenoxy) is 2. The molecule has 0 fully saturated rings. The fourth-order valence-corrected chi connectivity index (χ4v) is 2.83.